The van der Waals surface area contributed by atoms with Crippen molar-refractivity contribution in [1.82, 2.24) is 9.97 Å². The number of nitrogen functional groups attached to an aromatic ring is 1. The van der Waals surface area contributed by atoms with Crippen molar-refractivity contribution in [3.8, 4) is 0 Å². The van der Waals surface area contributed by atoms with Crippen LogP contribution in [0, 0.1) is 0 Å². The second-order valence-electron chi connectivity index (χ2n) is 3.49. The first-order chi connectivity index (χ1) is 7.75. The van der Waals surface area contributed by atoms with Crippen LogP contribution < -0.4 is 11.1 Å². The van der Waals surface area contributed by atoms with Crippen molar-refractivity contribution in [2.45, 2.75) is 6.42 Å². The van der Waals surface area contributed by atoms with Gasteiger partial charge in [-0.25, -0.2) is 4.98 Å². The predicted octanol–water partition coefficient (Wildman–Crippen LogP) is 2.30. The van der Waals surface area contributed by atoms with Crippen molar-refractivity contribution >= 4 is 23.0 Å². The average molecular weight is 237 g/mol. The van der Waals surface area contributed by atoms with E-state index in [1.165, 1.54) is 0 Å². The van der Waals surface area contributed by atoms with Crippen LogP contribution in [-0.2, 0) is 6.42 Å². The summed E-state index contributed by atoms with van der Waals surface area (Å²) in [7, 11) is 0. The van der Waals surface area contributed by atoms with Gasteiger partial charge in [0.05, 0.1) is 17.0 Å². The van der Waals surface area contributed by atoms with Crippen LogP contribution in [0.1, 0.15) is 5.69 Å². The molecule has 0 aliphatic carbocycles. The second-order valence-corrected chi connectivity index (χ2v) is 3.90. The topological polar surface area (TPSA) is 66.7 Å². The van der Waals surface area contributed by atoms with Crippen LogP contribution in [0.5, 0.6) is 0 Å². The van der Waals surface area contributed by atoms with E-state index in [0.717, 1.165) is 24.3 Å². The van der Waals surface area contributed by atoms with E-state index in [-0.39, 0.29) is 0 Å². The van der Waals surface area contributed by atoms with Crippen molar-refractivity contribution in [2.24, 2.45) is 0 Å². The Hall–Kier alpha value is -1.68. The smallest absolute Gasteiger partial charge is 0.0921 e. The maximum Gasteiger partial charge on any atom is 0.0921 e. The standard InChI is InChI=1S/C11H13ClN4/c12-10-5-8(13)1-2-11(10)15-4-3-9-6-14-7-16-9/h1-2,5-7,15H,3-4,13H2,(H,14,16). The second kappa shape index (κ2) is 4.90. The summed E-state index contributed by atoms with van der Waals surface area (Å²) in [5.74, 6) is 0. The van der Waals surface area contributed by atoms with E-state index in [4.69, 9.17) is 17.3 Å². The zero-order valence-electron chi connectivity index (χ0n) is 8.70. The molecule has 0 fully saturated rings. The molecule has 1 aromatic heterocycles. The minimum atomic E-state index is 0.643. The summed E-state index contributed by atoms with van der Waals surface area (Å²) in [6.07, 6.45) is 4.36. The molecule has 4 N–H and O–H groups in total. The minimum Gasteiger partial charge on any atom is -0.399 e. The van der Waals surface area contributed by atoms with Crippen molar-refractivity contribution < 1.29 is 0 Å². The number of nitrogens with zero attached hydrogens (tertiary/aromatic N) is 1. The number of imidazole rings is 1. The summed E-state index contributed by atoms with van der Waals surface area (Å²) in [5, 5.41) is 3.89. The molecule has 1 aromatic carbocycles. The highest BCUT2D eigenvalue weighted by Gasteiger charge is 2.00. The van der Waals surface area contributed by atoms with E-state index in [1.807, 2.05) is 18.3 Å². The molecule has 16 heavy (non-hydrogen) atoms. The number of nitrogens with two attached hydrogens (primary N) is 1. The molecule has 0 bridgehead atoms. The summed E-state index contributed by atoms with van der Waals surface area (Å²) in [5.41, 5.74) is 8.27. The highest BCUT2D eigenvalue weighted by Crippen LogP contribution is 2.23. The third-order valence-electron chi connectivity index (χ3n) is 2.26. The van der Waals surface area contributed by atoms with Crippen LogP contribution in [0.15, 0.2) is 30.7 Å². The Morgan fingerprint density at radius 2 is 2.31 bits per heavy atom. The largest absolute Gasteiger partial charge is 0.399 e. The number of halogens is 1. The monoisotopic (exact) mass is 236 g/mol. The van der Waals surface area contributed by atoms with Gasteiger partial charge >= 0.3 is 0 Å². The zero-order valence-corrected chi connectivity index (χ0v) is 9.46. The third kappa shape index (κ3) is 2.67. The number of aromatic nitrogens is 2. The van der Waals surface area contributed by atoms with Gasteiger partial charge in [-0.2, -0.15) is 0 Å². The average Bonchev–Trinajstić information content (AvgIpc) is 2.74. The maximum atomic E-state index is 6.03. The van der Waals surface area contributed by atoms with Gasteiger partial charge in [-0.1, -0.05) is 11.6 Å². The lowest BCUT2D eigenvalue weighted by Gasteiger charge is -2.07. The van der Waals surface area contributed by atoms with Crippen LogP contribution in [0.25, 0.3) is 0 Å². The van der Waals surface area contributed by atoms with Gasteiger partial charge in [0.2, 0.25) is 0 Å². The molecule has 2 aromatic rings. The molecule has 1 heterocycles. The maximum absolute atomic E-state index is 6.03. The number of rotatable bonds is 4. The Balaban J connectivity index is 1.90. The molecule has 0 amide bonds. The lowest BCUT2D eigenvalue weighted by molar-refractivity contribution is 0.977. The fraction of sp³-hybridized carbons (Fsp3) is 0.182. The zero-order chi connectivity index (χ0) is 11.4. The van der Waals surface area contributed by atoms with E-state index in [1.54, 1.807) is 12.4 Å². The highest BCUT2D eigenvalue weighted by atomic mass is 35.5. The lowest BCUT2D eigenvalue weighted by Crippen LogP contribution is -2.05. The molecule has 0 unspecified atom stereocenters. The van der Waals surface area contributed by atoms with E-state index < -0.39 is 0 Å². The Bertz CT molecular complexity index is 453. The summed E-state index contributed by atoms with van der Waals surface area (Å²) < 4.78 is 0. The Kier molecular flexibility index (Phi) is 3.31. The van der Waals surface area contributed by atoms with Gasteiger partial charge < -0.3 is 16.0 Å². The normalized spacial score (nSPS) is 10.3. The Morgan fingerprint density at radius 1 is 1.44 bits per heavy atom. The first-order valence-corrected chi connectivity index (χ1v) is 5.39. The van der Waals surface area contributed by atoms with Crippen LogP contribution in [-0.4, -0.2) is 16.5 Å². The third-order valence-corrected chi connectivity index (χ3v) is 2.57. The predicted molar refractivity (Wildman–Crippen MR) is 66.6 cm³/mol. The molecule has 2 rings (SSSR count). The molecule has 0 saturated heterocycles. The molecule has 0 aliphatic rings. The SMILES string of the molecule is Nc1ccc(NCCc2cnc[nH]2)c(Cl)c1. The van der Waals surface area contributed by atoms with Gasteiger partial charge in [0, 0.05) is 30.5 Å². The first kappa shape index (κ1) is 10.8. The van der Waals surface area contributed by atoms with Gasteiger partial charge in [0.25, 0.3) is 0 Å². The van der Waals surface area contributed by atoms with Crippen LogP contribution in [0.3, 0.4) is 0 Å². The Morgan fingerprint density at radius 3 is 3.00 bits per heavy atom. The molecule has 0 radical (unpaired) electrons. The van der Waals surface area contributed by atoms with Crippen LogP contribution in [0.2, 0.25) is 5.02 Å². The Labute approximate surface area is 98.8 Å². The molecule has 0 saturated carbocycles. The minimum absolute atomic E-state index is 0.643. The quantitative estimate of drug-likeness (QED) is 0.714. The molecule has 0 aliphatic heterocycles. The summed E-state index contributed by atoms with van der Waals surface area (Å²) in [6.45, 7) is 0.797. The molecule has 0 spiro atoms. The lowest BCUT2D eigenvalue weighted by atomic mass is 10.2. The fourth-order valence-electron chi connectivity index (χ4n) is 1.43. The number of nitrogens with one attached hydrogen (secondary N) is 2. The van der Waals surface area contributed by atoms with E-state index in [0.29, 0.717) is 10.7 Å². The van der Waals surface area contributed by atoms with Gasteiger partial charge in [-0.3, -0.25) is 0 Å². The summed E-state index contributed by atoms with van der Waals surface area (Å²) in [4.78, 5) is 6.99. The highest BCUT2D eigenvalue weighted by molar-refractivity contribution is 6.33. The van der Waals surface area contributed by atoms with Gasteiger partial charge in [-0.15, -0.1) is 0 Å². The van der Waals surface area contributed by atoms with Gasteiger partial charge in [0.15, 0.2) is 0 Å². The molecule has 5 heteroatoms. The summed E-state index contributed by atoms with van der Waals surface area (Å²) >= 11 is 6.03. The van der Waals surface area contributed by atoms with E-state index in [9.17, 15) is 0 Å². The van der Waals surface area contributed by atoms with Gasteiger partial charge in [-0.05, 0) is 18.2 Å². The van der Waals surface area contributed by atoms with E-state index in [2.05, 4.69) is 15.3 Å². The van der Waals surface area contributed by atoms with Crippen molar-refractivity contribution in [2.75, 3.05) is 17.6 Å². The number of H-pyrrole nitrogens is 1. The van der Waals surface area contributed by atoms with Crippen molar-refractivity contribution in [1.29, 1.82) is 0 Å². The number of hydrogen-bond acceptors (Lipinski definition) is 3. The molecular weight excluding hydrogens is 224 g/mol. The van der Waals surface area contributed by atoms with Crippen molar-refractivity contribution in [3.63, 3.8) is 0 Å². The van der Waals surface area contributed by atoms with Crippen molar-refractivity contribution in [3.05, 3.63) is 41.4 Å². The number of aromatic amines is 1. The molecular formula is C11H13ClN4. The fourth-order valence-corrected chi connectivity index (χ4v) is 1.68. The summed E-state index contributed by atoms with van der Waals surface area (Å²) in [6, 6.07) is 5.44. The van der Waals surface area contributed by atoms with E-state index >= 15 is 0 Å². The molecule has 84 valence electrons. The number of benzene rings is 1. The molecule has 0 atom stereocenters. The number of anilines is 2. The first-order valence-electron chi connectivity index (χ1n) is 5.02. The number of hydrogen-bond donors (Lipinski definition) is 3. The van der Waals surface area contributed by atoms with Crippen LogP contribution >= 0.6 is 11.6 Å². The molecule has 4 nitrogen and oxygen atoms in total. The van der Waals surface area contributed by atoms with Crippen LogP contribution in [0.4, 0.5) is 11.4 Å². The van der Waals surface area contributed by atoms with Gasteiger partial charge in [0.1, 0.15) is 0 Å².